The van der Waals surface area contributed by atoms with Crippen molar-refractivity contribution in [1.29, 1.82) is 0 Å². The van der Waals surface area contributed by atoms with Crippen molar-refractivity contribution in [3.05, 3.63) is 70.3 Å². The van der Waals surface area contributed by atoms with E-state index in [0.717, 1.165) is 42.5 Å². The zero-order valence-electron chi connectivity index (χ0n) is 31.3. The van der Waals surface area contributed by atoms with Crippen LogP contribution in [-0.4, -0.2) is 81.0 Å². The van der Waals surface area contributed by atoms with Gasteiger partial charge in [0, 0.05) is 47.9 Å². The van der Waals surface area contributed by atoms with Crippen molar-refractivity contribution in [2.75, 3.05) is 13.1 Å². The van der Waals surface area contributed by atoms with Crippen LogP contribution in [0.4, 0.5) is 0 Å². The largest absolute Gasteiger partial charge is 0.355 e. The molecule has 2 fully saturated rings. The molecule has 4 aromatic rings. The van der Waals surface area contributed by atoms with Crippen LogP contribution < -0.4 is 10.6 Å². The molecule has 0 bridgehead atoms. The predicted octanol–water partition coefficient (Wildman–Crippen LogP) is 7.46. The van der Waals surface area contributed by atoms with Crippen molar-refractivity contribution in [2.24, 2.45) is 11.8 Å². The summed E-state index contributed by atoms with van der Waals surface area (Å²) in [4.78, 5) is 58.7. The average Bonchev–Trinajstić information content (AvgIpc) is 3.95. The first-order chi connectivity index (χ1) is 26.0. The fraction of sp³-hybridized carbons (Fsp3) is 0.500. The molecule has 4 amide bonds. The maximum atomic E-state index is 13.8. The van der Waals surface area contributed by atoms with E-state index in [1.54, 1.807) is 46.2 Å². The fourth-order valence-corrected chi connectivity index (χ4v) is 8.25. The number of nitrogens with zero attached hydrogens (tertiary/aromatic N) is 4. The molecule has 288 valence electrons. The van der Waals surface area contributed by atoms with Gasteiger partial charge < -0.3 is 29.5 Å². The van der Waals surface area contributed by atoms with E-state index in [-0.39, 0.29) is 58.9 Å². The summed E-state index contributed by atoms with van der Waals surface area (Å²) in [7, 11) is 0. The minimum absolute atomic E-state index is 0.117. The number of unbranched alkanes of at least 4 members (excludes halogenated alkanes) is 1. The van der Waals surface area contributed by atoms with E-state index in [0.29, 0.717) is 48.9 Å². The Bertz CT molecular complexity index is 1890. The van der Waals surface area contributed by atoms with E-state index in [9.17, 15) is 19.2 Å². The van der Waals surface area contributed by atoms with Gasteiger partial charge in [-0.3, -0.25) is 19.2 Å². The molecule has 6 rings (SSSR count). The van der Waals surface area contributed by atoms with Crippen molar-refractivity contribution in [2.45, 2.75) is 103 Å². The van der Waals surface area contributed by atoms with Crippen molar-refractivity contribution in [3.8, 4) is 22.0 Å². The molecule has 0 saturated carbocycles. The molecule has 12 nitrogen and oxygen atoms in total. The third-order valence-electron chi connectivity index (χ3n) is 10.2. The Kier molecular flexibility index (Phi) is 12.9. The number of hydrogen-bond donors (Lipinski definition) is 2. The van der Waals surface area contributed by atoms with Gasteiger partial charge in [0.15, 0.2) is 22.9 Å². The molecule has 5 atom stereocenters. The van der Waals surface area contributed by atoms with Crippen LogP contribution in [0.2, 0.25) is 5.02 Å². The average molecular weight is 777 g/mol. The molecule has 2 aliphatic heterocycles. The maximum absolute atomic E-state index is 13.8. The van der Waals surface area contributed by atoms with Crippen LogP contribution >= 0.6 is 22.9 Å². The smallest absolute Gasteiger partial charge is 0.276 e. The summed E-state index contributed by atoms with van der Waals surface area (Å²) in [5.41, 5.74) is 1.10. The molecule has 2 N–H and O–H groups in total. The highest BCUT2D eigenvalue weighted by Crippen LogP contribution is 2.29. The lowest BCUT2D eigenvalue weighted by molar-refractivity contribution is -0.130. The van der Waals surface area contributed by atoms with Crippen molar-refractivity contribution in [3.63, 3.8) is 0 Å². The Balaban J connectivity index is 1.05. The molecule has 0 spiro atoms. The second-order valence-corrected chi connectivity index (χ2v) is 16.4. The molecule has 3 aromatic heterocycles. The van der Waals surface area contributed by atoms with Gasteiger partial charge in [-0.2, -0.15) is 0 Å². The molecule has 1 aromatic carbocycles. The Labute approximate surface area is 324 Å². The van der Waals surface area contributed by atoms with E-state index in [4.69, 9.17) is 20.6 Å². The quantitative estimate of drug-likeness (QED) is 0.118. The molecule has 2 saturated heterocycles. The first-order valence-electron chi connectivity index (χ1n) is 19.0. The van der Waals surface area contributed by atoms with Crippen LogP contribution in [0, 0.1) is 11.8 Å². The summed E-state index contributed by atoms with van der Waals surface area (Å²) in [6.45, 7) is 9.02. The van der Waals surface area contributed by atoms with Crippen LogP contribution in [0.1, 0.15) is 100 Å². The first kappa shape index (κ1) is 39.2. The first-order valence-corrected chi connectivity index (χ1v) is 20.2. The Morgan fingerprint density at radius 2 is 1.44 bits per heavy atom. The van der Waals surface area contributed by atoms with Crippen molar-refractivity contribution < 1.29 is 28.2 Å². The minimum Gasteiger partial charge on any atom is -0.355 e. The number of amides is 4. The van der Waals surface area contributed by atoms with Crippen LogP contribution in [0.5, 0.6) is 0 Å². The topological polar surface area (TPSA) is 151 Å². The zero-order valence-corrected chi connectivity index (χ0v) is 32.8. The molecule has 2 aliphatic rings. The molecule has 5 heterocycles. The van der Waals surface area contributed by atoms with Gasteiger partial charge in [0.2, 0.25) is 11.8 Å². The van der Waals surface area contributed by atoms with E-state index >= 15 is 0 Å². The van der Waals surface area contributed by atoms with Gasteiger partial charge in [-0.05, 0) is 73.2 Å². The summed E-state index contributed by atoms with van der Waals surface area (Å²) in [6, 6.07) is 12.6. The van der Waals surface area contributed by atoms with Crippen molar-refractivity contribution in [1.82, 2.24) is 30.7 Å². The molecule has 14 heteroatoms. The lowest BCUT2D eigenvalue weighted by Gasteiger charge is -2.40. The second kappa shape index (κ2) is 17.8. The van der Waals surface area contributed by atoms with Crippen LogP contribution in [0.3, 0.4) is 0 Å². The second-order valence-electron chi connectivity index (χ2n) is 15.0. The third kappa shape index (κ3) is 9.41. The minimum atomic E-state index is -0.616. The SMILES string of the molecule is CCCC1CN(C(=O)c2cc(-c3cccs3)on2)C(CC(C)CCCCC2CN(C(=O)c3cc(-c4ccc(Cl)cc4)on3)C(CC(C)C)C(=O)N2)C(=O)N1. The molecule has 0 aliphatic carbocycles. The van der Waals surface area contributed by atoms with Gasteiger partial charge in [-0.1, -0.05) is 81.4 Å². The summed E-state index contributed by atoms with van der Waals surface area (Å²) >= 11 is 7.54. The van der Waals surface area contributed by atoms with E-state index in [2.05, 4.69) is 34.8 Å². The van der Waals surface area contributed by atoms with Crippen molar-refractivity contribution >= 4 is 46.6 Å². The predicted molar refractivity (Wildman–Crippen MR) is 207 cm³/mol. The highest BCUT2D eigenvalue weighted by Gasteiger charge is 2.40. The van der Waals surface area contributed by atoms with Gasteiger partial charge in [-0.25, -0.2) is 0 Å². The van der Waals surface area contributed by atoms with Gasteiger partial charge in [-0.15, -0.1) is 11.3 Å². The summed E-state index contributed by atoms with van der Waals surface area (Å²) in [5, 5.41) is 17.0. The van der Waals surface area contributed by atoms with Gasteiger partial charge >= 0.3 is 0 Å². The third-order valence-corrected chi connectivity index (χ3v) is 11.4. The fourth-order valence-electron chi connectivity index (χ4n) is 7.45. The number of halogens is 1. The zero-order chi connectivity index (χ0) is 38.4. The molecule has 0 radical (unpaired) electrons. The number of thiophene rings is 1. The standard InChI is InChI=1S/C40H49ClN6O6S/c1-5-9-28-22-47(40(51)31-21-35(53-45-31)36-12-8-17-54-36)33(38(49)42-28)19-25(4)10-6-7-11-29-23-46(32(18-24(2)3)37(48)43-29)39(50)30-20-34(52-44-30)26-13-15-27(41)16-14-26/h8,12-17,20-21,24-25,28-29,32-33H,5-7,9-11,18-19,22-23H2,1-4H3,(H,42,49)(H,43,48). The lowest BCUT2D eigenvalue weighted by Crippen LogP contribution is -2.62. The number of hydrogen-bond acceptors (Lipinski definition) is 9. The number of nitrogens with one attached hydrogen (secondary N) is 2. The molecule has 5 unspecified atom stereocenters. The summed E-state index contributed by atoms with van der Waals surface area (Å²) < 4.78 is 11.0. The number of piperazine rings is 2. The van der Waals surface area contributed by atoms with Crippen LogP contribution in [-0.2, 0) is 9.59 Å². The normalized spacial score (nSPS) is 20.9. The number of carbonyl (C=O) groups excluding carboxylic acids is 4. The Morgan fingerprint density at radius 1 is 0.852 bits per heavy atom. The highest BCUT2D eigenvalue weighted by molar-refractivity contribution is 7.13. The van der Waals surface area contributed by atoms with E-state index in [1.807, 2.05) is 31.4 Å². The maximum Gasteiger partial charge on any atom is 0.276 e. The van der Waals surface area contributed by atoms with Gasteiger partial charge in [0.05, 0.1) is 4.88 Å². The van der Waals surface area contributed by atoms with Crippen LogP contribution in [0.25, 0.3) is 22.0 Å². The summed E-state index contributed by atoms with van der Waals surface area (Å²) in [6.07, 6.45) is 5.92. The number of aromatic nitrogens is 2. The summed E-state index contributed by atoms with van der Waals surface area (Å²) in [5.74, 6) is 0.389. The highest BCUT2D eigenvalue weighted by atomic mass is 35.5. The Hall–Kier alpha value is -4.49. The number of rotatable bonds is 15. The van der Waals surface area contributed by atoms with E-state index < -0.39 is 12.1 Å². The number of benzene rings is 1. The van der Waals surface area contributed by atoms with Gasteiger partial charge in [0.1, 0.15) is 12.1 Å². The molecular weight excluding hydrogens is 728 g/mol. The Morgan fingerprint density at radius 3 is 2.04 bits per heavy atom. The van der Waals surface area contributed by atoms with Gasteiger partial charge in [0.25, 0.3) is 11.8 Å². The monoisotopic (exact) mass is 776 g/mol. The number of carbonyl (C=O) groups is 4. The molecule has 54 heavy (non-hydrogen) atoms. The lowest BCUT2D eigenvalue weighted by atomic mass is 9.91. The molecular formula is C40H49ClN6O6S. The van der Waals surface area contributed by atoms with Crippen LogP contribution in [0.15, 0.2) is 63.0 Å². The van der Waals surface area contributed by atoms with E-state index in [1.165, 1.54) is 11.3 Å².